The van der Waals surface area contributed by atoms with Gasteiger partial charge in [-0.15, -0.1) is 0 Å². The zero-order chi connectivity index (χ0) is 9.14. The molecule has 0 atom stereocenters. The van der Waals surface area contributed by atoms with E-state index in [1.807, 2.05) is 0 Å². The summed E-state index contributed by atoms with van der Waals surface area (Å²) in [4.78, 5) is 13.9. The molecule has 0 amide bonds. The lowest BCUT2D eigenvalue weighted by Crippen LogP contribution is -1.95. The zero-order valence-electron chi connectivity index (χ0n) is 5.83. The molecule has 0 unspecified atom stereocenters. The van der Waals surface area contributed by atoms with Gasteiger partial charge in [-0.3, -0.25) is 10.1 Å². The average Bonchev–Trinajstić information content (AvgIpc) is 2.03. The molecule has 0 saturated heterocycles. The van der Waals surface area contributed by atoms with Crippen molar-refractivity contribution in [2.45, 2.75) is 5.33 Å². The van der Waals surface area contributed by atoms with Gasteiger partial charge < -0.3 is 0 Å². The van der Waals surface area contributed by atoms with Gasteiger partial charge in [0.25, 0.3) is 5.69 Å². The highest BCUT2D eigenvalue weighted by Crippen LogP contribution is 2.26. The van der Waals surface area contributed by atoms with E-state index in [0.29, 0.717) is 15.5 Å². The molecule has 1 heterocycles. The predicted molar refractivity (Wildman–Crippen MR) is 51.2 cm³/mol. The topological polar surface area (TPSA) is 56.0 Å². The van der Waals surface area contributed by atoms with Crippen molar-refractivity contribution in [2.75, 3.05) is 0 Å². The summed E-state index contributed by atoms with van der Waals surface area (Å²) in [5, 5.41) is 10.9. The first kappa shape index (κ1) is 9.60. The summed E-state index contributed by atoms with van der Waals surface area (Å²) in [5.74, 6) is 0. The fourth-order valence-corrected chi connectivity index (χ4v) is 2.14. The van der Waals surface area contributed by atoms with Gasteiger partial charge in [-0.1, -0.05) is 15.9 Å². The van der Waals surface area contributed by atoms with Gasteiger partial charge in [-0.25, -0.2) is 4.98 Å². The van der Waals surface area contributed by atoms with Crippen molar-refractivity contribution in [1.29, 1.82) is 0 Å². The Kier molecular flexibility index (Phi) is 3.16. The van der Waals surface area contributed by atoms with Crippen LogP contribution in [0.25, 0.3) is 0 Å². The van der Waals surface area contributed by atoms with E-state index >= 15 is 0 Å². The van der Waals surface area contributed by atoms with Crippen LogP contribution in [0.15, 0.2) is 16.9 Å². The number of halogens is 2. The predicted octanol–water partition coefficient (Wildman–Crippen LogP) is 2.65. The van der Waals surface area contributed by atoms with Crippen LogP contribution in [0.1, 0.15) is 5.56 Å². The van der Waals surface area contributed by atoms with Crippen molar-refractivity contribution < 1.29 is 4.92 Å². The van der Waals surface area contributed by atoms with Gasteiger partial charge in [0.15, 0.2) is 0 Å². The highest BCUT2D eigenvalue weighted by atomic mass is 79.9. The summed E-state index contributed by atoms with van der Waals surface area (Å²) in [6.07, 6.45) is 1.40. The van der Waals surface area contributed by atoms with E-state index in [-0.39, 0.29) is 5.69 Å². The quantitative estimate of drug-likeness (QED) is 0.365. The lowest BCUT2D eigenvalue weighted by Gasteiger charge is -1.99. The molecule has 1 aromatic rings. The SMILES string of the molecule is O=[N+]([O-])c1ccnc(Br)c1CBr. The Labute approximate surface area is 85.4 Å². The molecule has 0 spiro atoms. The molecule has 0 aliphatic rings. The summed E-state index contributed by atoms with van der Waals surface area (Å²) in [5.41, 5.74) is 0.635. The van der Waals surface area contributed by atoms with Gasteiger partial charge in [0.05, 0.1) is 10.5 Å². The Bertz CT molecular complexity index is 316. The molecule has 0 N–H and O–H groups in total. The molecule has 0 bridgehead atoms. The minimum Gasteiger partial charge on any atom is -0.258 e. The van der Waals surface area contributed by atoms with Crippen LogP contribution in [-0.2, 0) is 5.33 Å². The molecule has 6 heteroatoms. The lowest BCUT2D eigenvalue weighted by molar-refractivity contribution is -0.385. The third kappa shape index (κ3) is 1.81. The fraction of sp³-hybridized carbons (Fsp3) is 0.167. The van der Waals surface area contributed by atoms with E-state index in [9.17, 15) is 10.1 Å². The number of nitro groups is 1. The van der Waals surface area contributed by atoms with Crippen molar-refractivity contribution in [3.05, 3.63) is 32.5 Å². The maximum absolute atomic E-state index is 10.5. The minimum absolute atomic E-state index is 0.0775. The standard InChI is InChI=1S/C6H4Br2N2O2/c7-3-4-5(10(11)12)1-2-9-6(4)8/h1-2H,3H2. The smallest absolute Gasteiger partial charge is 0.258 e. The normalized spacial score (nSPS) is 9.83. The Balaban J connectivity index is 3.27. The zero-order valence-corrected chi connectivity index (χ0v) is 9.00. The number of alkyl halides is 1. The molecule has 4 nitrogen and oxygen atoms in total. The second-order valence-corrected chi connectivity index (χ2v) is 3.30. The maximum Gasteiger partial charge on any atom is 0.277 e. The second-order valence-electron chi connectivity index (χ2n) is 1.99. The van der Waals surface area contributed by atoms with Crippen molar-refractivity contribution in [3.63, 3.8) is 0 Å². The van der Waals surface area contributed by atoms with Crippen molar-refractivity contribution in [2.24, 2.45) is 0 Å². The number of hydrogen-bond acceptors (Lipinski definition) is 3. The largest absolute Gasteiger partial charge is 0.277 e. The van der Waals surface area contributed by atoms with Gasteiger partial charge in [0.1, 0.15) is 4.60 Å². The molecule has 1 aromatic heterocycles. The maximum atomic E-state index is 10.5. The number of nitrogens with zero attached hydrogens (tertiary/aromatic N) is 2. The number of aromatic nitrogens is 1. The van der Waals surface area contributed by atoms with Crippen LogP contribution in [-0.4, -0.2) is 9.91 Å². The van der Waals surface area contributed by atoms with E-state index in [0.717, 1.165) is 0 Å². The Hall–Kier alpha value is -0.490. The highest BCUT2D eigenvalue weighted by molar-refractivity contribution is 9.10. The molecule has 0 fully saturated rings. The Morgan fingerprint density at radius 3 is 2.75 bits per heavy atom. The minimum atomic E-state index is -0.428. The summed E-state index contributed by atoms with van der Waals surface area (Å²) in [6, 6.07) is 1.38. The molecule has 64 valence electrons. The molecule has 0 radical (unpaired) electrons. The highest BCUT2D eigenvalue weighted by Gasteiger charge is 2.15. The molecule has 0 saturated carbocycles. The molecular weight excluding hydrogens is 292 g/mol. The number of rotatable bonds is 2. The van der Waals surface area contributed by atoms with Gasteiger partial charge in [0.2, 0.25) is 0 Å². The fourth-order valence-electron chi connectivity index (χ4n) is 0.752. The third-order valence-electron chi connectivity index (χ3n) is 1.31. The first-order valence-corrected chi connectivity index (χ1v) is 4.92. The summed E-state index contributed by atoms with van der Waals surface area (Å²) in [6.45, 7) is 0. The van der Waals surface area contributed by atoms with E-state index in [1.165, 1.54) is 12.3 Å². The molecule has 12 heavy (non-hydrogen) atoms. The number of hydrogen-bond donors (Lipinski definition) is 0. The van der Waals surface area contributed by atoms with Gasteiger partial charge in [0, 0.05) is 17.6 Å². The third-order valence-corrected chi connectivity index (χ3v) is 2.55. The molecule has 0 aliphatic carbocycles. The van der Waals surface area contributed by atoms with Crippen molar-refractivity contribution >= 4 is 37.5 Å². The molecule has 0 aliphatic heterocycles. The summed E-state index contributed by atoms with van der Waals surface area (Å²) >= 11 is 6.28. The Morgan fingerprint density at radius 1 is 1.67 bits per heavy atom. The van der Waals surface area contributed by atoms with Gasteiger partial charge >= 0.3 is 0 Å². The first-order valence-electron chi connectivity index (χ1n) is 3.00. The van der Waals surface area contributed by atoms with Crippen LogP contribution < -0.4 is 0 Å². The van der Waals surface area contributed by atoms with Crippen molar-refractivity contribution in [3.8, 4) is 0 Å². The van der Waals surface area contributed by atoms with E-state index < -0.39 is 4.92 Å². The van der Waals surface area contributed by atoms with Crippen LogP contribution in [0.3, 0.4) is 0 Å². The van der Waals surface area contributed by atoms with Crippen LogP contribution in [0.5, 0.6) is 0 Å². The Morgan fingerprint density at radius 2 is 2.33 bits per heavy atom. The lowest BCUT2D eigenvalue weighted by atomic mass is 10.3. The van der Waals surface area contributed by atoms with Crippen LogP contribution in [0.4, 0.5) is 5.69 Å². The van der Waals surface area contributed by atoms with Crippen LogP contribution >= 0.6 is 31.9 Å². The monoisotopic (exact) mass is 294 g/mol. The van der Waals surface area contributed by atoms with Gasteiger partial charge in [-0.05, 0) is 15.9 Å². The molecule has 1 rings (SSSR count). The summed E-state index contributed by atoms with van der Waals surface area (Å²) in [7, 11) is 0. The first-order chi connectivity index (χ1) is 5.66. The second kappa shape index (κ2) is 3.95. The van der Waals surface area contributed by atoms with Crippen LogP contribution in [0, 0.1) is 10.1 Å². The molecular formula is C6H4Br2N2O2. The molecule has 0 aromatic carbocycles. The van der Waals surface area contributed by atoms with E-state index in [4.69, 9.17) is 0 Å². The summed E-state index contributed by atoms with van der Waals surface area (Å²) < 4.78 is 0.508. The van der Waals surface area contributed by atoms with E-state index in [2.05, 4.69) is 36.8 Å². The van der Waals surface area contributed by atoms with Gasteiger partial charge in [-0.2, -0.15) is 0 Å². The van der Waals surface area contributed by atoms with Crippen LogP contribution in [0.2, 0.25) is 0 Å². The average molecular weight is 296 g/mol. The number of pyridine rings is 1. The van der Waals surface area contributed by atoms with Crippen molar-refractivity contribution in [1.82, 2.24) is 4.98 Å². The van der Waals surface area contributed by atoms with E-state index in [1.54, 1.807) is 0 Å².